The van der Waals surface area contributed by atoms with Crippen LogP contribution in [-0.2, 0) is 0 Å². The van der Waals surface area contributed by atoms with Crippen molar-refractivity contribution >= 4 is 5.57 Å². The molecule has 1 aromatic carbocycles. The second-order valence-corrected chi connectivity index (χ2v) is 5.97. The molecule has 0 aromatic heterocycles. The van der Waals surface area contributed by atoms with Crippen molar-refractivity contribution in [2.45, 2.75) is 47.1 Å². The molecule has 0 heterocycles. The summed E-state index contributed by atoms with van der Waals surface area (Å²) in [6.45, 7) is 12.9. The predicted molar refractivity (Wildman–Crippen MR) is 88.2 cm³/mol. The summed E-state index contributed by atoms with van der Waals surface area (Å²) >= 11 is 0. The molecule has 0 bridgehead atoms. The maximum atomic E-state index is 5.73. The largest absolute Gasteiger partial charge is 0.491 e. The van der Waals surface area contributed by atoms with Gasteiger partial charge in [-0.05, 0) is 69.5 Å². The van der Waals surface area contributed by atoms with E-state index in [0.29, 0.717) is 5.92 Å². The van der Waals surface area contributed by atoms with Crippen LogP contribution >= 0.6 is 0 Å². The van der Waals surface area contributed by atoms with E-state index in [2.05, 4.69) is 64.2 Å². The zero-order valence-corrected chi connectivity index (χ0v) is 13.6. The first-order valence-electron chi connectivity index (χ1n) is 7.63. The van der Waals surface area contributed by atoms with Gasteiger partial charge in [-0.25, -0.2) is 0 Å². The maximum Gasteiger partial charge on any atom is 0.120 e. The summed E-state index contributed by atoms with van der Waals surface area (Å²) in [7, 11) is 0. The molecule has 0 spiro atoms. The van der Waals surface area contributed by atoms with E-state index in [1.807, 2.05) is 6.07 Å². The topological polar surface area (TPSA) is 21.3 Å². The predicted octanol–water partition coefficient (Wildman–Crippen LogP) is 4.51. The number of nitrogens with one attached hydrogen (secondary N) is 1. The van der Waals surface area contributed by atoms with Crippen LogP contribution in [0.2, 0.25) is 0 Å². The molecule has 1 rings (SSSR count). The molecule has 0 aliphatic carbocycles. The van der Waals surface area contributed by atoms with Gasteiger partial charge in [-0.3, -0.25) is 0 Å². The van der Waals surface area contributed by atoms with Gasteiger partial charge in [0.15, 0.2) is 0 Å². The summed E-state index contributed by atoms with van der Waals surface area (Å²) in [4.78, 5) is 0. The van der Waals surface area contributed by atoms with Crippen LogP contribution in [0.25, 0.3) is 5.57 Å². The van der Waals surface area contributed by atoms with Gasteiger partial charge in [0.1, 0.15) is 5.75 Å². The Kier molecular flexibility index (Phi) is 7.38. The second-order valence-electron chi connectivity index (χ2n) is 5.97. The Morgan fingerprint density at radius 1 is 1.25 bits per heavy atom. The molecule has 0 aliphatic heterocycles. The van der Waals surface area contributed by atoms with Crippen LogP contribution in [0, 0.1) is 5.92 Å². The van der Waals surface area contributed by atoms with Crippen LogP contribution in [0.1, 0.15) is 46.6 Å². The van der Waals surface area contributed by atoms with Gasteiger partial charge in [0.2, 0.25) is 0 Å². The van der Waals surface area contributed by atoms with Crippen molar-refractivity contribution in [1.29, 1.82) is 0 Å². The van der Waals surface area contributed by atoms with Gasteiger partial charge in [0.25, 0.3) is 0 Å². The minimum absolute atomic E-state index is 0.217. The Morgan fingerprint density at radius 3 is 2.65 bits per heavy atom. The van der Waals surface area contributed by atoms with Crippen LogP contribution in [0.3, 0.4) is 0 Å². The molecule has 0 saturated carbocycles. The number of hydrogen-bond acceptors (Lipinski definition) is 2. The lowest BCUT2D eigenvalue weighted by molar-refractivity contribution is 0.242. The van der Waals surface area contributed by atoms with Crippen LogP contribution in [-0.4, -0.2) is 19.2 Å². The lowest BCUT2D eigenvalue weighted by Gasteiger charge is -2.11. The summed E-state index contributed by atoms with van der Waals surface area (Å²) in [6, 6.07) is 8.33. The third-order valence-electron chi connectivity index (χ3n) is 2.99. The van der Waals surface area contributed by atoms with E-state index in [1.54, 1.807) is 0 Å². The number of rotatable bonds is 8. The van der Waals surface area contributed by atoms with Crippen molar-refractivity contribution in [3.05, 3.63) is 35.9 Å². The quantitative estimate of drug-likeness (QED) is 0.705. The Morgan fingerprint density at radius 2 is 2.00 bits per heavy atom. The molecule has 0 radical (unpaired) electrons. The standard InChI is InChI=1S/C18H29NO/c1-14(2)13-19-11-7-8-16(5)17-9-6-10-18(12-17)20-15(3)4/h6,8-10,12,14-15,19H,7,11,13H2,1-5H3/b16-8-. The lowest BCUT2D eigenvalue weighted by Crippen LogP contribution is -2.20. The Bertz CT molecular complexity index is 421. The first kappa shape index (κ1) is 16.8. The van der Waals surface area contributed by atoms with E-state index >= 15 is 0 Å². The number of ether oxygens (including phenoxy) is 1. The average Bonchev–Trinajstić information content (AvgIpc) is 2.37. The number of hydrogen-bond donors (Lipinski definition) is 1. The van der Waals surface area contributed by atoms with Crippen molar-refractivity contribution in [3.8, 4) is 5.75 Å². The fourth-order valence-corrected chi connectivity index (χ4v) is 1.99. The van der Waals surface area contributed by atoms with Gasteiger partial charge in [0.05, 0.1) is 6.10 Å². The van der Waals surface area contributed by atoms with Crippen molar-refractivity contribution in [3.63, 3.8) is 0 Å². The summed E-state index contributed by atoms with van der Waals surface area (Å²) in [5, 5.41) is 3.46. The highest BCUT2D eigenvalue weighted by atomic mass is 16.5. The van der Waals surface area contributed by atoms with E-state index in [9.17, 15) is 0 Å². The average molecular weight is 275 g/mol. The molecule has 112 valence electrons. The zero-order valence-electron chi connectivity index (χ0n) is 13.6. The first-order valence-corrected chi connectivity index (χ1v) is 7.63. The molecular weight excluding hydrogens is 246 g/mol. The van der Waals surface area contributed by atoms with Crippen molar-refractivity contribution in [1.82, 2.24) is 5.32 Å². The van der Waals surface area contributed by atoms with Gasteiger partial charge in [-0.2, -0.15) is 0 Å². The van der Waals surface area contributed by atoms with Crippen molar-refractivity contribution in [2.24, 2.45) is 5.92 Å². The molecule has 2 heteroatoms. The molecule has 0 amide bonds. The Balaban J connectivity index is 2.51. The molecule has 2 nitrogen and oxygen atoms in total. The Labute approximate surface area is 124 Å². The minimum atomic E-state index is 0.217. The third kappa shape index (κ3) is 6.76. The summed E-state index contributed by atoms with van der Waals surface area (Å²) in [6.07, 6.45) is 3.57. The van der Waals surface area contributed by atoms with Gasteiger partial charge in [-0.1, -0.05) is 32.1 Å². The fraction of sp³-hybridized carbons (Fsp3) is 0.556. The van der Waals surface area contributed by atoms with Gasteiger partial charge in [-0.15, -0.1) is 0 Å². The van der Waals surface area contributed by atoms with Crippen LogP contribution < -0.4 is 10.1 Å². The molecule has 0 fully saturated rings. The van der Waals surface area contributed by atoms with E-state index in [4.69, 9.17) is 4.74 Å². The van der Waals surface area contributed by atoms with E-state index in [1.165, 1.54) is 11.1 Å². The van der Waals surface area contributed by atoms with Crippen molar-refractivity contribution in [2.75, 3.05) is 13.1 Å². The lowest BCUT2D eigenvalue weighted by atomic mass is 10.1. The number of allylic oxidation sites excluding steroid dienone is 1. The first-order chi connectivity index (χ1) is 9.49. The highest BCUT2D eigenvalue weighted by molar-refractivity contribution is 5.64. The second kappa shape index (κ2) is 8.80. The molecule has 1 aromatic rings. The molecule has 0 atom stereocenters. The van der Waals surface area contributed by atoms with Gasteiger partial charge >= 0.3 is 0 Å². The Hall–Kier alpha value is -1.28. The molecule has 0 unspecified atom stereocenters. The summed E-state index contributed by atoms with van der Waals surface area (Å²) in [5.41, 5.74) is 2.55. The zero-order chi connectivity index (χ0) is 15.0. The molecular formula is C18H29NO. The van der Waals surface area contributed by atoms with Crippen LogP contribution in [0.4, 0.5) is 0 Å². The molecule has 0 saturated heterocycles. The highest BCUT2D eigenvalue weighted by Crippen LogP contribution is 2.21. The SMILES string of the molecule is C/C(=C/CCNCC(C)C)c1cccc(OC(C)C)c1. The third-order valence-corrected chi connectivity index (χ3v) is 2.99. The van der Waals surface area contributed by atoms with E-state index in [0.717, 1.165) is 25.3 Å². The monoisotopic (exact) mass is 275 g/mol. The highest BCUT2D eigenvalue weighted by Gasteiger charge is 2.01. The minimum Gasteiger partial charge on any atom is -0.491 e. The summed E-state index contributed by atoms with van der Waals surface area (Å²) < 4.78 is 5.73. The molecule has 0 aliphatic rings. The number of benzene rings is 1. The van der Waals surface area contributed by atoms with Gasteiger partial charge in [0, 0.05) is 0 Å². The fourth-order valence-electron chi connectivity index (χ4n) is 1.99. The molecule has 20 heavy (non-hydrogen) atoms. The normalized spacial score (nSPS) is 12.2. The van der Waals surface area contributed by atoms with Crippen LogP contribution in [0.15, 0.2) is 30.3 Å². The maximum absolute atomic E-state index is 5.73. The summed E-state index contributed by atoms with van der Waals surface area (Å²) in [5.74, 6) is 1.66. The van der Waals surface area contributed by atoms with E-state index < -0.39 is 0 Å². The molecule has 1 N–H and O–H groups in total. The smallest absolute Gasteiger partial charge is 0.120 e. The van der Waals surface area contributed by atoms with Crippen molar-refractivity contribution < 1.29 is 4.74 Å². The van der Waals surface area contributed by atoms with Crippen LogP contribution in [0.5, 0.6) is 5.75 Å². The van der Waals surface area contributed by atoms with E-state index in [-0.39, 0.29) is 6.10 Å². The van der Waals surface area contributed by atoms with Gasteiger partial charge < -0.3 is 10.1 Å².